The number of aryl methyl sites for hydroxylation is 1. The average molecular weight is 118 g/mol. The molecule has 0 atom stereocenters. The van der Waals surface area contributed by atoms with E-state index in [1.54, 1.807) is 0 Å². The second-order valence-electron chi connectivity index (χ2n) is 1.91. The molecule has 0 aliphatic carbocycles. The molecular weight excluding hydrogens is 109 g/mol. The predicted molar refractivity (Wildman–Crippen MR) is 41.3 cm³/mol. The normalized spacial score (nSPS) is 8.11. The second kappa shape index (κ2) is 3.18. The summed E-state index contributed by atoms with van der Waals surface area (Å²) in [6, 6.07) is 7.80. The van der Waals surface area contributed by atoms with Crippen molar-refractivity contribution in [3.8, 4) is 0 Å². The first-order valence-electron chi connectivity index (χ1n) is 2.61. The molecule has 0 fully saturated rings. The molecule has 9 heavy (non-hydrogen) atoms. The number of benzene rings is 1. The first-order valence-corrected chi connectivity index (χ1v) is 2.61. The fourth-order valence-corrected chi connectivity index (χ4v) is 0.670. The van der Waals surface area contributed by atoms with Gasteiger partial charge in [0, 0.05) is 14.1 Å². The third kappa shape index (κ3) is 2.22. The Balaban J connectivity index is 0.000000640. The molecule has 0 spiro atoms. The Morgan fingerprint density at radius 3 is 2.33 bits per heavy atom. The summed E-state index contributed by atoms with van der Waals surface area (Å²) in [6.07, 6.45) is 0. The van der Waals surface area contributed by atoms with Crippen LogP contribution in [0.15, 0.2) is 24.3 Å². The van der Waals surface area contributed by atoms with Crippen LogP contribution in [0.3, 0.4) is 0 Å². The Morgan fingerprint density at radius 2 is 2.00 bits per heavy atom. The minimum atomic E-state index is 0. The van der Waals surface area contributed by atoms with Gasteiger partial charge in [0.2, 0.25) is 0 Å². The van der Waals surface area contributed by atoms with Crippen LogP contribution < -0.4 is 5.73 Å². The third-order valence-corrected chi connectivity index (χ3v) is 1.04. The lowest BCUT2D eigenvalue weighted by Gasteiger charge is -1.91. The van der Waals surface area contributed by atoms with Gasteiger partial charge in [0.25, 0.3) is 0 Å². The first kappa shape index (κ1) is 8.08. The van der Waals surface area contributed by atoms with Gasteiger partial charge >= 0.3 is 0 Å². The molecule has 2 N–H and O–H groups in total. The SMILES string of the molecule is Cc1cccc(N)c1.[B]. The van der Waals surface area contributed by atoms with Gasteiger partial charge in [-0.1, -0.05) is 12.1 Å². The minimum Gasteiger partial charge on any atom is -0.399 e. The molecule has 3 radical (unpaired) electrons. The summed E-state index contributed by atoms with van der Waals surface area (Å²) >= 11 is 0. The van der Waals surface area contributed by atoms with Crippen LogP contribution in [-0.2, 0) is 0 Å². The summed E-state index contributed by atoms with van der Waals surface area (Å²) in [7, 11) is 0. The van der Waals surface area contributed by atoms with E-state index in [1.165, 1.54) is 5.56 Å². The molecule has 2 heteroatoms. The maximum Gasteiger partial charge on any atom is 0.0316 e. The molecule has 0 aliphatic heterocycles. The number of nitrogens with two attached hydrogens (primary N) is 1. The highest BCUT2D eigenvalue weighted by Gasteiger charge is 1.81. The van der Waals surface area contributed by atoms with Crippen molar-refractivity contribution in [1.82, 2.24) is 0 Å². The summed E-state index contributed by atoms with van der Waals surface area (Å²) in [4.78, 5) is 0. The van der Waals surface area contributed by atoms with Gasteiger partial charge in [0.15, 0.2) is 0 Å². The Hall–Kier alpha value is -0.915. The van der Waals surface area contributed by atoms with Crippen LogP contribution >= 0.6 is 0 Å². The average Bonchev–Trinajstić information content (AvgIpc) is 1.64. The van der Waals surface area contributed by atoms with Crippen LogP contribution in [0.1, 0.15) is 5.56 Å². The van der Waals surface area contributed by atoms with Crippen LogP contribution in [-0.4, -0.2) is 8.41 Å². The topological polar surface area (TPSA) is 26.0 Å². The molecule has 1 aromatic rings. The van der Waals surface area contributed by atoms with Crippen LogP contribution in [0.25, 0.3) is 0 Å². The van der Waals surface area contributed by atoms with E-state index in [-0.39, 0.29) is 8.41 Å². The summed E-state index contributed by atoms with van der Waals surface area (Å²) in [5.41, 5.74) is 7.51. The van der Waals surface area contributed by atoms with E-state index in [4.69, 9.17) is 5.73 Å². The van der Waals surface area contributed by atoms with E-state index in [0.717, 1.165) is 5.69 Å². The maximum atomic E-state index is 5.46. The molecule has 1 nitrogen and oxygen atoms in total. The Bertz CT molecular complexity index is 169. The monoisotopic (exact) mass is 118 g/mol. The number of nitrogen functional groups attached to an aromatic ring is 1. The molecular formula is C7H9BN. The fraction of sp³-hybridized carbons (Fsp3) is 0.143. The van der Waals surface area contributed by atoms with E-state index in [1.807, 2.05) is 31.2 Å². The van der Waals surface area contributed by atoms with Crippen molar-refractivity contribution < 1.29 is 0 Å². The maximum absolute atomic E-state index is 5.46. The number of rotatable bonds is 0. The molecule has 0 bridgehead atoms. The van der Waals surface area contributed by atoms with Crippen molar-refractivity contribution in [1.29, 1.82) is 0 Å². The predicted octanol–water partition coefficient (Wildman–Crippen LogP) is 1.20. The fourth-order valence-electron chi connectivity index (χ4n) is 0.670. The highest BCUT2D eigenvalue weighted by molar-refractivity contribution is 5.75. The number of hydrogen-bond donors (Lipinski definition) is 1. The van der Waals surface area contributed by atoms with Crippen molar-refractivity contribution in [2.75, 3.05) is 5.73 Å². The number of anilines is 1. The lowest BCUT2D eigenvalue weighted by molar-refractivity contribution is 1.47. The largest absolute Gasteiger partial charge is 0.399 e. The summed E-state index contributed by atoms with van der Waals surface area (Å²) in [5.74, 6) is 0. The molecule has 0 unspecified atom stereocenters. The molecule has 45 valence electrons. The van der Waals surface area contributed by atoms with Gasteiger partial charge in [0.05, 0.1) is 0 Å². The lowest BCUT2D eigenvalue weighted by Crippen LogP contribution is -1.82. The quantitative estimate of drug-likeness (QED) is 0.402. The molecule has 1 rings (SSSR count). The highest BCUT2D eigenvalue weighted by atomic mass is 14.5. The summed E-state index contributed by atoms with van der Waals surface area (Å²) in [5, 5.41) is 0. The van der Waals surface area contributed by atoms with Gasteiger partial charge < -0.3 is 5.73 Å². The van der Waals surface area contributed by atoms with Crippen molar-refractivity contribution >= 4 is 14.1 Å². The van der Waals surface area contributed by atoms with Crippen LogP contribution in [0.2, 0.25) is 0 Å². The third-order valence-electron chi connectivity index (χ3n) is 1.04. The van der Waals surface area contributed by atoms with Gasteiger partial charge in [-0.25, -0.2) is 0 Å². The van der Waals surface area contributed by atoms with Crippen molar-refractivity contribution in [3.63, 3.8) is 0 Å². The van der Waals surface area contributed by atoms with Crippen LogP contribution in [0.5, 0.6) is 0 Å². The summed E-state index contributed by atoms with van der Waals surface area (Å²) < 4.78 is 0. The summed E-state index contributed by atoms with van der Waals surface area (Å²) in [6.45, 7) is 2.02. The van der Waals surface area contributed by atoms with Gasteiger partial charge in [-0.3, -0.25) is 0 Å². The van der Waals surface area contributed by atoms with Gasteiger partial charge in [0.1, 0.15) is 0 Å². The van der Waals surface area contributed by atoms with Crippen molar-refractivity contribution in [2.24, 2.45) is 0 Å². The smallest absolute Gasteiger partial charge is 0.0316 e. The molecule has 0 heterocycles. The molecule has 0 aliphatic rings. The van der Waals surface area contributed by atoms with Gasteiger partial charge in [-0.2, -0.15) is 0 Å². The van der Waals surface area contributed by atoms with Crippen molar-refractivity contribution in [2.45, 2.75) is 6.92 Å². The minimum absolute atomic E-state index is 0. The first-order chi connectivity index (χ1) is 3.79. The Labute approximate surface area is 57.5 Å². The van der Waals surface area contributed by atoms with Crippen molar-refractivity contribution in [3.05, 3.63) is 29.8 Å². The number of hydrogen-bond acceptors (Lipinski definition) is 1. The molecule has 0 saturated carbocycles. The van der Waals surface area contributed by atoms with Gasteiger partial charge in [-0.05, 0) is 24.6 Å². The standard InChI is InChI=1S/C7H9N.B/c1-6-3-2-4-7(8)5-6;/h2-5H,8H2,1H3;. The molecule has 0 amide bonds. The van der Waals surface area contributed by atoms with E-state index in [0.29, 0.717) is 0 Å². The van der Waals surface area contributed by atoms with E-state index in [2.05, 4.69) is 0 Å². The zero-order valence-corrected chi connectivity index (χ0v) is 5.46. The molecule has 0 aromatic heterocycles. The van der Waals surface area contributed by atoms with E-state index >= 15 is 0 Å². The Morgan fingerprint density at radius 1 is 1.33 bits per heavy atom. The van der Waals surface area contributed by atoms with Crippen LogP contribution in [0, 0.1) is 6.92 Å². The zero-order valence-electron chi connectivity index (χ0n) is 5.46. The molecule has 0 saturated heterocycles. The Kier molecular flexibility index (Phi) is 2.86. The van der Waals surface area contributed by atoms with E-state index in [9.17, 15) is 0 Å². The highest BCUT2D eigenvalue weighted by Crippen LogP contribution is 2.03. The second-order valence-corrected chi connectivity index (χ2v) is 1.91. The lowest BCUT2D eigenvalue weighted by atomic mass is 10.2. The van der Waals surface area contributed by atoms with E-state index < -0.39 is 0 Å². The zero-order chi connectivity index (χ0) is 5.98. The van der Waals surface area contributed by atoms with Gasteiger partial charge in [-0.15, -0.1) is 0 Å². The van der Waals surface area contributed by atoms with Crippen LogP contribution in [0.4, 0.5) is 5.69 Å². The molecule has 1 aromatic carbocycles.